The molecule has 1 heterocycles. The second-order valence-electron chi connectivity index (χ2n) is 4.11. The van der Waals surface area contributed by atoms with E-state index in [9.17, 15) is 0 Å². The molecule has 0 spiro atoms. The van der Waals surface area contributed by atoms with Crippen LogP contribution in [0.3, 0.4) is 0 Å². The lowest BCUT2D eigenvalue weighted by molar-refractivity contribution is 0.181. The number of H-pyrrole nitrogens is 1. The summed E-state index contributed by atoms with van der Waals surface area (Å²) in [5.41, 5.74) is 2.27. The van der Waals surface area contributed by atoms with Crippen molar-refractivity contribution in [1.29, 1.82) is 0 Å². The van der Waals surface area contributed by atoms with Crippen LogP contribution in [0.1, 0.15) is 17.1 Å². The van der Waals surface area contributed by atoms with Crippen molar-refractivity contribution in [3.8, 4) is 0 Å². The first-order chi connectivity index (χ1) is 8.78. The van der Waals surface area contributed by atoms with Crippen LogP contribution >= 0.6 is 12.2 Å². The second-order valence-corrected chi connectivity index (χ2v) is 4.53. The lowest BCUT2D eigenvalue weighted by Gasteiger charge is -2.05. The van der Waals surface area contributed by atoms with E-state index in [2.05, 4.69) is 22.1 Å². The van der Waals surface area contributed by atoms with Gasteiger partial charge in [-0.2, -0.15) is 0 Å². The number of nitrogens with zero attached hydrogens (tertiary/aromatic N) is 1. The Bertz CT molecular complexity index is 551. The lowest BCUT2D eigenvalue weighted by Crippen LogP contribution is -2.02. The van der Waals surface area contributed by atoms with Gasteiger partial charge in [-0.05, 0) is 18.1 Å². The average molecular weight is 260 g/mol. The van der Waals surface area contributed by atoms with Crippen LogP contribution in [0.5, 0.6) is 0 Å². The van der Waals surface area contributed by atoms with E-state index in [1.54, 1.807) is 7.11 Å². The topological polar surface area (TPSA) is 37.9 Å². The highest BCUT2D eigenvalue weighted by Crippen LogP contribution is 2.05. The van der Waals surface area contributed by atoms with Crippen molar-refractivity contribution >= 4 is 12.2 Å². The third-order valence-electron chi connectivity index (χ3n) is 2.64. The van der Waals surface area contributed by atoms with E-state index in [0.29, 0.717) is 11.2 Å². The molecule has 18 heavy (non-hydrogen) atoms. The number of aromatic amines is 1. The first kappa shape index (κ1) is 12.9. The van der Waals surface area contributed by atoms with E-state index in [0.717, 1.165) is 24.4 Å². The fourth-order valence-corrected chi connectivity index (χ4v) is 2.08. The van der Waals surface area contributed by atoms with E-state index in [1.807, 2.05) is 24.3 Å². The fraction of sp³-hybridized carbons (Fsp3) is 0.286. The van der Waals surface area contributed by atoms with Crippen LogP contribution in [0.4, 0.5) is 0 Å². The van der Waals surface area contributed by atoms with Crippen molar-refractivity contribution in [3.63, 3.8) is 0 Å². The van der Waals surface area contributed by atoms with E-state index < -0.39 is 0 Å². The molecule has 4 heteroatoms. The van der Waals surface area contributed by atoms with E-state index in [1.165, 1.54) is 5.56 Å². The van der Waals surface area contributed by atoms with Crippen LogP contribution < -0.4 is 0 Å². The molecule has 0 aliphatic carbocycles. The van der Waals surface area contributed by atoms with Crippen molar-refractivity contribution in [2.24, 2.45) is 0 Å². The number of aromatic nitrogens is 2. The summed E-state index contributed by atoms with van der Waals surface area (Å²) in [6.45, 7) is 0.532. The minimum atomic E-state index is 0.532. The van der Waals surface area contributed by atoms with Gasteiger partial charge in [0.15, 0.2) is 0 Å². The molecule has 0 saturated heterocycles. The van der Waals surface area contributed by atoms with Crippen LogP contribution in [0.25, 0.3) is 0 Å². The number of methoxy groups -OCH3 is 1. The minimum Gasteiger partial charge on any atom is -0.378 e. The third-order valence-corrected chi connectivity index (χ3v) is 2.85. The van der Waals surface area contributed by atoms with Gasteiger partial charge >= 0.3 is 0 Å². The Balaban J connectivity index is 2.07. The standard InChI is InChI=1S/C14H16N2OS/c1-17-10-12-9-14(18)16-13(15-12)8-7-11-5-3-2-4-6-11/h2-6,9H,7-8,10H2,1H3,(H,15,16,18). The summed E-state index contributed by atoms with van der Waals surface area (Å²) in [5, 5.41) is 0. The van der Waals surface area contributed by atoms with Crippen molar-refractivity contribution in [2.75, 3.05) is 7.11 Å². The molecule has 0 aliphatic heterocycles. The number of aryl methyl sites for hydroxylation is 2. The Labute approximate surface area is 112 Å². The molecule has 2 aromatic rings. The van der Waals surface area contributed by atoms with Gasteiger partial charge < -0.3 is 9.72 Å². The molecule has 0 radical (unpaired) electrons. The zero-order valence-electron chi connectivity index (χ0n) is 10.3. The summed E-state index contributed by atoms with van der Waals surface area (Å²) in [6, 6.07) is 12.2. The fourth-order valence-electron chi connectivity index (χ4n) is 1.82. The summed E-state index contributed by atoms with van der Waals surface area (Å²) in [5.74, 6) is 0.915. The number of hydrogen-bond donors (Lipinski definition) is 1. The van der Waals surface area contributed by atoms with E-state index in [-0.39, 0.29) is 0 Å². The maximum absolute atomic E-state index is 5.15. The molecule has 1 aromatic carbocycles. The molecule has 0 unspecified atom stereocenters. The van der Waals surface area contributed by atoms with Crippen LogP contribution in [0, 0.1) is 4.64 Å². The van der Waals surface area contributed by atoms with Gasteiger partial charge in [0.1, 0.15) is 10.5 Å². The predicted molar refractivity (Wildman–Crippen MR) is 74.0 cm³/mol. The van der Waals surface area contributed by atoms with Gasteiger partial charge in [0, 0.05) is 19.2 Å². The molecule has 0 aliphatic rings. The molecule has 0 fully saturated rings. The summed E-state index contributed by atoms with van der Waals surface area (Å²) >= 11 is 5.15. The van der Waals surface area contributed by atoms with Crippen LogP contribution in [0.15, 0.2) is 36.4 Å². The van der Waals surface area contributed by atoms with Gasteiger partial charge in [0.05, 0.1) is 6.61 Å². The number of hydrogen-bond acceptors (Lipinski definition) is 3. The molecular formula is C14H16N2OS. The zero-order chi connectivity index (χ0) is 12.8. The van der Waals surface area contributed by atoms with Crippen LogP contribution in [0.2, 0.25) is 0 Å². The summed E-state index contributed by atoms with van der Waals surface area (Å²) in [4.78, 5) is 7.59. The van der Waals surface area contributed by atoms with Gasteiger partial charge in [-0.15, -0.1) is 0 Å². The Kier molecular flexibility index (Phi) is 4.61. The Morgan fingerprint density at radius 3 is 2.72 bits per heavy atom. The van der Waals surface area contributed by atoms with Crippen molar-refractivity contribution in [3.05, 3.63) is 58.1 Å². The Morgan fingerprint density at radius 1 is 1.22 bits per heavy atom. The first-order valence-corrected chi connectivity index (χ1v) is 6.31. The largest absolute Gasteiger partial charge is 0.378 e. The third kappa shape index (κ3) is 3.75. The second kappa shape index (κ2) is 6.42. The van der Waals surface area contributed by atoms with Gasteiger partial charge in [-0.25, -0.2) is 4.98 Å². The maximum Gasteiger partial charge on any atom is 0.130 e. The van der Waals surface area contributed by atoms with Gasteiger partial charge in [-0.1, -0.05) is 42.5 Å². The molecule has 3 nitrogen and oxygen atoms in total. The minimum absolute atomic E-state index is 0.532. The number of ether oxygens (including phenoxy) is 1. The monoisotopic (exact) mass is 260 g/mol. The van der Waals surface area contributed by atoms with Crippen LogP contribution in [-0.2, 0) is 24.2 Å². The quantitative estimate of drug-likeness (QED) is 0.840. The Hall–Kier alpha value is -1.52. The highest BCUT2D eigenvalue weighted by Gasteiger charge is 2.00. The van der Waals surface area contributed by atoms with E-state index in [4.69, 9.17) is 17.0 Å². The van der Waals surface area contributed by atoms with E-state index >= 15 is 0 Å². The normalized spacial score (nSPS) is 10.5. The number of benzene rings is 1. The van der Waals surface area contributed by atoms with Crippen LogP contribution in [-0.4, -0.2) is 17.1 Å². The molecular weight excluding hydrogens is 244 g/mol. The van der Waals surface area contributed by atoms with Crippen molar-refractivity contribution in [2.45, 2.75) is 19.4 Å². The smallest absolute Gasteiger partial charge is 0.130 e. The summed E-state index contributed by atoms with van der Waals surface area (Å²) < 4.78 is 5.71. The summed E-state index contributed by atoms with van der Waals surface area (Å²) in [7, 11) is 1.67. The lowest BCUT2D eigenvalue weighted by atomic mass is 10.1. The average Bonchev–Trinajstić information content (AvgIpc) is 2.37. The van der Waals surface area contributed by atoms with Gasteiger partial charge in [-0.3, -0.25) is 0 Å². The molecule has 0 amide bonds. The van der Waals surface area contributed by atoms with Gasteiger partial charge in [0.25, 0.3) is 0 Å². The molecule has 2 rings (SSSR count). The molecule has 1 N–H and O–H groups in total. The Morgan fingerprint density at radius 2 is 2.00 bits per heavy atom. The summed E-state index contributed by atoms with van der Waals surface area (Å²) in [6.07, 6.45) is 1.81. The molecule has 0 saturated carbocycles. The number of rotatable bonds is 5. The number of nitrogens with one attached hydrogen (secondary N) is 1. The predicted octanol–water partition coefficient (Wildman–Crippen LogP) is 3.07. The molecule has 94 valence electrons. The molecule has 0 bridgehead atoms. The van der Waals surface area contributed by atoms with Crippen molar-refractivity contribution in [1.82, 2.24) is 9.97 Å². The highest BCUT2D eigenvalue weighted by atomic mass is 32.1. The molecule has 1 aromatic heterocycles. The highest BCUT2D eigenvalue weighted by molar-refractivity contribution is 7.71. The molecule has 0 atom stereocenters. The SMILES string of the molecule is COCc1cc(=S)nc(CCc2ccccc2)[nH]1. The van der Waals surface area contributed by atoms with Gasteiger partial charge in [0.2, 0.25) is 0 Å². The zero-order valence-corrected chi connectivity index (χ0v) is 11.2. The van der Waals surface area contributed by atoms with Crippen molar-refractivity contribution < 1.29 is 4.74 Å². The maximum atomic E-state index is 5.15. The first-order valence-electron chi connectivity index (χ1n) is 5.90.